The van der Waals surface area contributed by atoms with E-state index in [0.717, 1.165) is 0 Å². The Balaban J connectivity index is 2.42. The molecule has 70 valence electrons. The van der Waals surface area contributed by atoms with Crippen LogP contribution >= 0.6 is 0 Å². The van der Waals surface area contributed by atoms with Gasteiger partial charge >= 0.3 is 5.97 Å². The summed E-state index contributed by atoms with van der Waals surface area (Å²) in [5.74, 6) is -2.18. The van der Waals surface area contributed by atoms with Gasteiger partial charge in [-0.3, -0.25) is 9.59 Å². The van der Waals surface area contributed by atoms with Gasteiger partial charge in [-0.15, -0.1) is 0 Å². The second-order valence-corrected chi connectivity index (χ2v) is 3.15. The summed E-state index contributed by atoms with van der Waals surface area (Å²) in [5, 5.41) is 8.70. The van der Waals surface area contributed by atoms with Gasteiger partial charge in [-0.2, -0.15) is 0 Å². The molecule has 4 nitrogen and oxygen atoms in total. The molecule has 0 radical (unpaired) electrons. The maximum atomic E-state index is 11.0. The van der Waals surface area contributed by atoms with Gasteiger partial charge in [0.15, 0.2) is 0 Å². The van der Waals surface area contributed by atoms with E-state index in [4.69, 9.17) is 5.11 Å². The van der Waals surface area contributed by atoms with E-state index in [2.05, 4.69) is 0 Å². The third kappa shape index (κ3) is 1.21. The minimum absolute atomic E-state index is 0.213. The number of aliphatic carboxylic acids is 1. The van der Waals surface area contributed by atoms with E-state index in [0.29, 0.717) is 11.1 Å². The molecule has 0 fully saturated rings. The van der Waals surface area contributed by atoms with Crippen molar-refractivity contribution in [2.24, 2.45) is 0 Å². The summed E-state index contributed by atoms with van der Waals surface area (Å²) in [5.41, 5.74) is 1.38. The molecule has 0 unspecified atom stereocenters. The van der Waals surface area contributed by atoms with Crippen molar-refractivity contribution in [1.29, 1.82) is 0 Å². The highest BCUT2D eigenvalue weighted by Gasteiger charge is 2.26. The zero-order valence-electron chi connectivity index (χ0n) is 7.11. The lowest BCUT2D eigenvalue weighted by atomic mass is 9.98. The van der Waals surface area contributed by atoms with Crippen molar-refractivity contribution >= 4 is 17.5 Å². The highest BCUT2D eigenvalue weighted by Crippen LogP contribution is 2.31. The molecule has 0 aromatic carbocycles. The molecule has 0 saturated carbocycles. The number of fused-ring (bicyclic) bond motifs is 1. The van der Waals surface area contributed by atoms with Crippen molar-refractivity contribution in [3.63, 3.8) is 0 Å². The molecular formula is C10H6O4. The van der Waals surface area contributed by atoms with Gasteiger partial charge in [0.05, 0.1) is 0 Å². The molecule has 1 N–H and O–H groups in total. The van der Waals surface area contributed by atoms with E-state index in [9.17, 15) is 14.4 Å². The second-order valence-electron chi connectivity index (χ2n) is 3.15. The van der Waals surface area contributed by atoms with Crippen LogP contribution in [0.3, 0.4) is 0 Å². The van der Waals surface area contributed by atoms with Crippen molar-refractivity contribution in [3.05, 3.63) is 34.9 Å². The molecule has 2 aliphatic carbocycles. The van der Waals surface area contributed by atoms with E-state index in [1.807, 2.05) is 0 Å². The van der Waals surface area contributed by atoms with E-state index in [1.54, 1.807) is 0 Å². The maximum absolute atomic E-state index is 11.0. The third-order valence-corrected chi connectivity index (χ3v) is 2.19. The van der Waals surface area contributed by atoms with Crippen LogP contribution in [0.1, 0.15) is 6.42 Å². The Hall–Kier alpha value is -1.97. The number of carbonyl (C=O) groups excluding carboxylic acids is 2. The van der Waals surface area contributed by atoms with Crippen LogP contribution in [0.15, 0.2) is 34.9 Å². The number of carboxylic acids is 1. The molecule has 0 saturated heterocycles. The molecule has 2 rings (SSSR count). The fraction of sp³-hybridized carbons (Fsp3) is 0.100. The first kappa shape index (κ1) is 8.62. The fourth-order valence-corrected chi connectivity index (χ4v) is 1.49. The average molecular weight is 190 g/mol. The molecule has 0 aromatic rings. The summed E-state index contributed by atoms with van der Waals surface area (Å²) in [6, 6.07) is 0. The Morgan fingerprint density at radius 1 is 1.14 bits per heavy atom. The lowest BCUT2D eigenvalue weighted by molar-refractivity contribution is -0.132. The average Bonchev–Trinajstić information content (AvgIpc) is 2.48. The first-order chi connectivity index (χ1) is 6.58. The van der Waals surface area contributed by atoms with E-state index in [-0.39, 0.29) is 12.0 Å². The predicted molar refractivity (Wildman–Crippen MR) is 46.5 cm³/mol. The Morgan fingerprint density at radius 2 is 1.79 bits per heavy atom. The quantitative estimate of drug-likeness (QED) is 0.480. The number of carbonyl (C=O) groups is 3. The molecular weight excluding hydrogens is 184 g/mol. The SMILES string of the molecule is O=C(O)C1=CC2=CC(=O)C(=O)C=C2C1. The summed E-state index contributed by atoms with van der Waals surface area (Å²) in [6.45, 7) is 0. The summed E-state index contributed by atoms with van der Waals surface area (Å²) >= 11 is 0. The van der Waals surface area contributed by atoms with Gasteiger partial charge in [-0.25, -0.2) is 4.79 Å². The Bertz CT molecular complexity index is 449. The van der Waals surface area contributed by atoms with Gasteiger partial charge in [-0.1, -0.05) is 0 Å². The van der Waals surface area contributed by atoms with Crippen LogP contribution in [-0.2, 0) is 14.4 Å². The third-order valence-electron chi connectivity index (χ3n) is 2.19. The van der Waals surface area contributed by atoms with Crippen LogP contribution in [0.5, 0.6) is 0 Å². The van der Waals surface area contributed by atoms with Crippen molar-refractivity contribution in [2.45, 2.75) is 6.42 Å². The molecule has 0 amide bonds. The van der Waals surface area contributed by atoms with Crippen LogP contribution in [0.2, 0.25) is 0 Å². The van der Waals surface area contributed by atoms with Crippen LogP contribution in [0.4, 0.5) is 0 Å². The first-order valence-electron chi connectivity index (χ1n) is 4.03. The van der Waals surface area contributed by atoms with Gasteiger partial charge in [0.2, 0.25) is 11.6 Å². The molecule has 0 bridgehead atoms. The second kappa shape index (κ2) is 2.77. The van der Waals surface area contributed by atoms with Gasteiger partial charge in [0.1, 0.15) is 0 Å². The molecule has 0 atom stereocenters. The fourth-order valence-electron chi connectivity index (χ4n) is 1.49. The topological polar surface area (TPSA) is 71.4 Å². The zero-order chi connectivity index (χ0) is 10.3. The number of hydrogen-bond donors (Lipinski definition) is 1. The minimum atomic E-state index is -1.01. The first-order valence-corrected chi connectivity index (χ1v) is 4.03. The van der Waals surface area contributed by atoms with E-state index >= 15 is 0 Å². The molecule has 0 aliphatic heterocycles. The van der Waals surface area contributed by atoms with E-state index < -0.39 is 17.5 Å². The smallest absolute Gasteiger partial charge is 0.331 e. The Labute approximate surface area is 79.2 Å². The van der Waals surface area contributed by atoms with Gasteiger partial charge in [0, 0.05) is 12.0 Å². The summed E-state index contributed by atoms with van der Waals surface area (Å²) in [7, 11) is 0. The number of allylic oxidation sites excluding steroid dienone is 5. The summed E-state index contributed by atoms with van der Waals surface area (Å²) < 4.78 is 0. The van der Waals surface area contributed by atoms with Gasteiger partial charge < -0.3 is 5.11 Å². The molecule has 0 aromatic heterocycles. The molecule has 14 heavy (non-hydrogen) atoms. The number of ketones is 2. The van der Waals surface area contributed by atoms with Crippen LogP contribution < -0.4 is 0 Å². The van der Waals surface area contributed by atoms with Crippen LogP contribution in [0.25, 0.3) is 0 Å². The molecule has 2 aliphatic rings. The van der Waals surface area contributed by atoms with Crippen LogP contribution in [0, 0.1) is 0 Å². The lowest BCUT2D eigenvalue weighted by Gasteiger charge is -2.03. The highest BCUT2D eigenvalue weighted by atomic mass is 16.4. The normalized spacial score (nSPS) is 19.9. The standard InChI is InChI=1S/C10H6O4/c11-8-3-5-1-7(10(13)14)2-6(5)4-9(8)12/h1,3-4H,2H2,(H,13,14). The number of carboxylic acid groups (broad SMARTS) is 1. The predicted octanol–water partition coefficient (Wildman–Crippen LogP) is 0.406. The molecule has 0 spiro atoms. The molecule has 4 heteroatoms. The van der Waals surface area contributed by atoms with Gasteiger partial charge in [0.25, 0.3) is 0 Å². The Morgan fingerprint density at radius 3 is 2.43 bits per heavy atom. The number of rotatable bonds is 1. The minimum Gasteiger partial charge on any atom is -0.478 e. The van der Waals surface area contributed by atoms with Crippen molar-refractivity contribution in [1.82, 2.24) is 0 Å². The monoisotopic (exact) mass is 190 g/mol. The largest absolute Gasteiger partial charge is 0.478 e. The van der Waals surface area contributed by atoms with Crippen LogP contribution in [-0.4, -0.2) is 22.6 Å². The van der Waals surface area contributed by atoms with Crippen molar-refractivity contribution < 1.29 is 19.5 Å². The van der Waals surface area contributed by atoms with Crippen molar-refractivity contribution in [3.8, 4) is 0 Å². The number of hydrogen-bond acceptors (Lipinski definition) is 3. The maximum Gasteiger partial charge on any atom is 0.331 e. The van der Waals surface area contributed by atoms with E-state index in [1.165, 1.54) is 18.2 Å². The summed E-state index contributed by atoms with van der Waals surface area (Å²) in [6.07, 6.45) is 4.05. The highest BCUT2D eigenvalue weighted by molar-refractivity contribution is 6.47. The summed E-state index contributed by atoms with van der Waals surface area (Å²) in [4.78, 5) is 32.6. The van der Waals surface area contributed by atoms with Crippen molar-refractivity contribution in [2.75, 3.05) is 0 Å². The zero-order valence-corrected chi connectivity index (χ0v) is 7.11. The Kier molecular flexibility index (Phi) is 1.70. The lowest BCUT2D eigenvalue weighted by Crippen LogP contribution is -2.13. The molecule has 0 heterocycles. The van der Waals surface area contributed by atoms with Gasteiger partial charge in [-0.05, 0) is 29.4 Å².